The first-order valence-electron chi connectivity index (χ1n) is 4.32. The van der Waals surface area contributed by atoms with Crippen molar-refractivity contribution in [3.63, 3.8) is 0 Å². The summed E-state index contributed by atoms with van der Waals surface area (Å²) in [6.07, 6.45) is 2.44. The highest BCUT2D eigenvalue weighted by atomic mass is 32.2. The van der Waals surface area contributed by atoms with E-state index in [1.54, 1.807) is 0 Å². The minimum Gasteiger partial charge on any atom is -0.447 e. The monoisotopic (exact) mass is 218 g/mol. The summed E-state index contributed by atoms with van der Waals surface area (Å²) < 4.78 is 27.0. The molecule has 0 fully saturated rings. The molecule has 0 radical (unpaired) electrons. The van der Waals surface area contributed by atoms with Crippen LogP contribution in [0.15, 0.2) is 10.8 Å². The third kappa shape index (κ3) is 3.47. The van der Waals surface area contributed by atoms with Gasteiger partial charge in [0, 0.05) is 12.8 Å². The lowest BCUT2D eigenvalue weighted by Gasteiger charge is -2.00. The molecule has 0 unspecified atom stereocenters. The van der Waals surface area contributed by atoms with E-state index >= 15 is 0 Å². The van der Waals surface area contributed by atoms with Gasteiger partial charge >= 0.3 is 0 Å². The Kier molecular flexibility index (Phi) is 3.65. The van der Waals surface area contributed by atoms with E-state index < -0.39 is 9.84 Å². The molecular weight excluding hydrogens is 204 g/mol. The van der Waals surface area contributed by atoms with E-state index in [1.807, 2.05) is 6.92 Å². The summed E-state index contributed by atoms with van der Waals surface area (Å²) in [5.74, 6) is 0.335. The van der Waals surface area contributed by atoms with E-state index in [4.69, 9.17) is 4.42 Å². The van der Waals surface area contributed by atoms with Crippen LogP contribution >= 0.6 is 0 Å². The van der Waals surface area contributed by atoms with Gasteiger partial charge in [-0.25, -0.2) is 13.4 Å². The fourth-order valence-corrected chi connectivity index (χ4v) is 1.75. The molecule has 6 heteroatoms. The second-order valence-corrected chi connectivity index (χ2v) is 5.21. The Balaban J connectivity index is 2.72. The van der Waals surface area contributed by atoms with Crippen molar-refractivity contribution in [1.29, 1.82) is 0 Å². The molecule has 0 bridgehead atoms. The maximum absolute atomic E-state index is 11.0. The fourth-order valence-electron chi connectivity index (χ4n) is 1.04. The van der Waals surface area contributed by atoms with Gasteiger partial charge in [-0.15, -0.1) is 0 Å². The molecule has 0 spiro atoms. The van der Waals surface area contributed by atoms with Crippen molar-refractivity contribution < 1.29 is 12.8 Å². The maximum Gasteiger partial charge on any atom is 0.181 e. The third-order valence-electron chi connectivity index (χ3n) is 1.66. The summed E-state index contributed by atoms with van der Waals surface area (Å²) in [6.45, 7) is 3.32. The molecular formula is C8H14N2O3S. The molecule has 0 aliphatic heterocycles. The molecule has 80 valence electrons. The van der Waals surface area contributed by atoms with Crippen LogP contribution in [0.5, 0.6) is 0 Å². The van der Waals surface area contributed by atoms with Gasteiger partial charge in [0.1, 0.15) is 11.5 Å². The molecule has 0 aliphatic rings. The quantitative estimate of drug-likeness (QED) is 0.771. The molecule has 0 amide bonds. The van der Waals surface area contributed by atoms with E-state index in [0.717, 1.165) is 6.54 Å². The Morgan fingerprint density at radius 2 is 2.29 bits per heavy atom. The summed E-state index contributed by atoms with van der Waals surface area (Å²) in [4.78, 5) is 3.94. The zero-order chi connectivity index (χ0) is 10.6. The van der Waals surface area contributed by atoms with Crippen molar-refractivity contribution in [3.05, 3.63) is 17.8 Å². The largest absolute Gasteiger partial charge is 0.447 e. The lowest BCUT2D eigenvalue weighted by molar-refractivity contribution is 0.511. The number of aromatic nitrogens is 1. The Hall–Kier alpha value is -0.880. The average molecular weight is 218 g/mol. The number of hydrogen-bond donors (Lipinski definition) is 1. The van der Waals surface area contributed by atoms with Gasteiger partial charge in [-0.3, -0.25) is 0 Å². The fraction of sp³-hybridized carbons (Fsp3) is 0.625. The second-order valence-electron chi connectivity index (χ2n) is 3.07. The first-order chi connectivity index (χ1) is 6.53. The van der Waals surface area contributed by atoms with Crippen molar-refractivity contribution in [1.82, 2.24) is 10.3 Å². The molecule has 14 heavy (non-hydrogen) atoms. The summed E-state index contributed by atoms with van der Waals surface area (Å²) in [6, 6.07) is 0. The third-order valence-corrected chi connectivity index (χ3v) is 2.45. The summed E-state index contributed by atoms with van der Waals surface area (Å²) in [7, 11) is -3.06. The van der Waals surface area contributed by atoms with Crippen LogP contribution in [0.25, 0.3) is 0 Å². The Morgan fingerprint density at radius 1 is 1.57 bits per heavy atom. The van der Waals surface area contributed by atoms with Gasteiger partial charge in [-0.05, 0) is 6.54 Å². The predicted octanol–water partition coefficient (Wildman–Crippen LogP) is 0.329. The number of oxazole rings is 1. The van der Waals surface area contributed by atoms with E-state index in [-0.39, 0.29) is 5.75 Å². The van der Waals surface area contributed by atoms with Crippen molar-refractivity contribution in [2.75, 3.05) is 12.8 Å². The molecule has 0 atom stereocenters. The highest BCUT2D eigenvalue weighted by molar-refractivity contribution is 7.89. The number of hydrogen-bond acceptors (Lipinski definition) is 5. The minimum atomic E-state index is -3.06. The van der Waals surface area contributed by atoms with Crippen LogP contribution < -0.4 is 5.32 Å². The Bertz CT molecular complexity index is 383. The van der Waals surface area contributed by atoms with E-state index in [0.29, 0.717) is 18.0 Å². The minimum absolute atomic E-state index is 0.0896. The van der Waals surface area contributed by atoms with Crippen LogP contribution in [0.3, 0.4) is 0 Å². The average Bonchev–Trinajstić information content (AvgIpc) is 2.45. The predicted molar refractivity (Wildman–Crippen MR) is 52.4 cm³/mol. The van der Waals surface area contributed by atoms with Gasteiger partial charge in [0.05, 0.1) is 5.69 Å². The molecule has 1 aromatic heterocycles. The smallest absolute Gasteiger partial charge is 0.181 e. The van der Waals surface area contributed by atoms with Crippen LogP contribution in [0.2, 0.25) is 0 Å². The van der Waals surface area contributed by atoms with Gasteiger partial charge in [0.15, 0.2) is 16.2 Å². The van der Waals surface area contributed by atoms with Gasteiger partial charge in [0.25, 0.3) is 0 Å². The Labute approximate surface area is 83.4 Å². The molecule has 0 saturated heterocycles. The van der Waals surface area contributed by atoms with Crippen LogP contribution in [0.4, 0.5) is 0 Å². The number of rotatable bonds is 5. The standard InChI is InChI=1S/C8H14N2O3S/c1-3-9-4-7-8(13-6-10-7)5-14(2,11)12/h6,9H,3-5H2,1-2H3. The topological polar surface area (TPSA) is 72.2 Å². The maximum atomic E-state index is 11.0. The molecule has 0 aliphatic carbocycles. The SMILES string of the molecule is CCNCc1ncoc1CS(C)(=O)=O. The first kappa shape index (κ1) is 11.2. The van der Waals surface area contributed by atoms with Gasteiger partial charge in [0.2, 0.25) is 0 Å². The molecule has 1 heterocycles. The van der Waals surface area contributed by atoms with Crippen molar-refractivity contribution in [2.45, 2.75) is 19.2 Å². The van der Waals surface area contributed by atoms with Crippen LogP contribution in [-0.2, 0) is 22.1 Å². The molecule has 5 nitrogen and oxygen atoms in total. The summed E-state index contributed by atoms with van der Waals surface area (Å²) in [5, 5.41) is 3.06. The highest BCUT2D eigenvalue weighted by Gasteiger charge is 2.13. The number of nitrogens with zero attached hydrogens (tertiary/aromatic N) is 1. The van der Waals surface area contributed by atoms with Crippen LogP contribution in [0, 0.1) is 0 Å². The van der Waals surface area contributed by atoms with Crippen LogP contribution in [0.1, 0.15) is 18.4 Å². The molecule has 0 aromatic carbocycles. The van der Waals surface area contributed by atoms with Crippen LogP contribution in [-0.4, -0.2) is 26.2 Å². The van der Waals surface area contributed by atoms with Crippen molar-refractivity contribution in [3.8, 4) is 0 Å². The Morgan fingerprint density at radius 3 is 2.86 bits per heavy atom. The molecule has 1 aromatic rings. The van der Waals surface area contributed by atoms with Gasteiger partial charge in [-0.1, -0.05) is 6.92 Å². The number of sulfone groups is 1. The van der Waals surface area contributed by atoms with E-state index in [1.165, 1.54) is 12.6 Å². The highest BCUT2D eigenvalue weighted by Crippen LogP contribution is 2.10. The van der Waals surface area contributed by atoms with E-state index in [2.05, 4.69) is 10.3 Å². The molecule has 0 saturated carbocycles. The van der Waals surface area contributed by atoms with Crippen molar-refractivity contribution in [2.24, 2.45) is 0 Å². The summed E-state index contributed by atoms with van der Waals surface area (Å²) in [5.41, 5.74) is 0.664. The normalized spacial score (nSPS) is 11.9. The van der Waals surface area contributed by atoms with E-state index in [9.17, 15) is 8.42 Å². The zero-order valence-corrected chi connectivity index (χ0v) is 9.10. The van der Waals surface area contributed by atoms with Gasteiger partial charge in [-0.2, -0.15) is 0 Å². The van der Waals surface area contributed by atoms with Gasteiger partial charge < -0.3 is 9.73 Å². The zero-order valence-electron chi connectivity index (χ0n) is 8.28. The lowest BCUT2D eigenvalue weighted by atomic mass is 10.3. The first-order valence-corrected chi connectivity index (χ1v) is 6.38. The molecule has 1 N–H and O–H groups in total. The summed E-state index contributed by atoms with van der Waals surface area (Å²) >= 11 is 0. The molecule has 1 rings (SSSR count). The second kappa shape index (κ2) is 4.56. The van der Waals surface area contributed by atoms with Crippen molar-refractivity contribution >= 4 is 9.84 Å². The lowest BCUT2D eigenvalue weighted by Crippen LogP contribution is -2.14. The number of nitrogens with one attached hydrogen (secondary N) is 1.